The first-order chi connectivity index (χ1) is 8.58. The average Bonchev–Trinajstić information content (AvgIpc) is 2.32. The smallest absolute Gasteiger partial charge is 0.263 e. The van der Waals surface area contributed by atoms with Crippen molar-refractivity contribution in [3.8, 4) is 0 Å². The number of hydrogen-bond donors (Lipinski definition) is 1. The second kappa shape index (κ2) is 4.83. The van der Waals surface area contributed by atoms with Gasteiger partial charge in [-0.3, -0.25) is 14.6 Å². The number of carbonyl (C=O) groups is 1. The SMILES string of the molecule is Cc1cc(NC(=O)c2cccn(C)c2=O)ccn1. The first-order valence-corrected chi connectivity index (χ1v) is 5.47. The van der Waals surface area contributed by atoms with Gasteiger partial charge in [0, 0.05) is 30.8 Å². The molecule has 0 spiro atoms. The van der Waals surface area contributed by atoms with Crippen LogP contribution in [0.15, 0.2) is 41.5 Å². The average molecular weight is 243 g/mol. The Balaban J connectivity index is 2.28. The van der Waals surface area contributed by atoms with E-state index in [2.05, 4.69) is 10.3 Å². The van der Waals surface area contributed by atoms with E-state index in [0.717, 1.165) is 5.69 Å². The van der Waals surface area contributed by atoms with Gasteiger partial charge in [-0.1, -0.05) is 0 Å². The van der Waals surface area contributed by atoms with E-state index in [4.69, 9.17) is 0 Å². The maximum atomic E-state index is 12.0. The molecule has 5 nitrogen and oxygen atoms in total. The lowest BCUT2D eigenvalue weighted by Gasteiger charge is -2.06. The fourth-order valence-electron chi connectivity index (χ4n) is 1.59. The Bertz CT molecular complexity index is 647. The van der Waals surface area contributed by atoms with Gasteiger partial charge in [-0.15, -0.1) is 0 Å². The third kappa shape index (κ3) is 2.45. The number of amides is 1. The summed E-state index contributed by atoms with van der Waals surface area (Å²) >= 11 is 0. The van der Waals surface area contributed by atoms with Crippen LogP contribution in [0.25, 0.3) is 0 Å². The lowest BCUT2D eigenvalue weighted by molar-refractivity contribution is 0.102. The van der Waals surface area contributed by atoms with E-state index in [1.807, 2.05) is 6.92 Å². The predicted octanol–water partition coefficient (Wildman–Crippen LogP) is 1.34. The van der Waals surface area contributed by atoms with E-state index in [0.29, 0.717) is 5.69 Å². The molecule has 0 atom stereocenters. The highest BCUT2D eigenvalue weighted by molar-refractivity contribution is 6.03. The molecule has 0 aliphatic carbocycles. The van der Waals surface area contributed by atoms with Crippen molar-refractivity contribution in [3.63, 3.8) is 0 Å². The molecule has 1 N–H and O–H groups in total. The van der Waals surface area contributed by atoms with Crippen LogP contribution in [0.1, 0.15) is 16.1 Å². The first kappa shape index (κ1) is 12.0. The molecule has 0 radical (unpaired) electrons. The molecule has 18 heavy (non-hydrogen) atoms. The number of rotatable bonds is 2. The molecular formula is C13H13N3O2. The summed E-state index contributed by atoms with van der Waals surface area (Å²) in [5.41, 5.74) is 1.22. The number of aromatic nitrogens is 2. The third-order valence-corrected chi connectivity index (χ3v) is 2.52. The van der Waals surface area contributed by atoms with Gasteiger partial charge in [0.15, 0.2) is 0 Å². The molecule has 5 heteroatoms. The van der Waals surface area contributed by atoms with Gasteiger partial charge in [0.25, 0.3) is 11.5 Å². The Kier molecular flexibility index (Phi) is 3.23. The number of nitrogens with one attached hydrogen (secondary N) is 1. The van der Waals surface area contributed by atoms with Gasteiger partial charge in [-0.05, 0) is 31.2 Å². The van der Waals surface area contributed by atoms with Crippen LogP contribution in [0.4, 0.5) is 5.69 Å². The largest absolute Gasteiger partial charge is 0.322 e. The molecule has 0 saturated heterocycles. The molecule has 0 aromatic carbocycles. The van der Waals surface area contributed by atoms with E-state index in [9.17, 15) is 9.59 Å². The molecule has 2 aromatic heterocycles. The number of pyridine rings is 2. The number of hydrogen-bond acceptors (Lipinski definition) is 3. The molecule has 1 amide bonds. The Hall–Kier alpha value is -2.43. The van der Waals surface area contributed by atoms with E-state index in [-0.39, 0.29) is 11.1 Å². The highest BCUT2D eigenvalue weighted by atomic mass is 16.2. The lowest BCUT2D eigenvalue weighted by atomic mass is 10.2. The second-order valence-electron chi connectivity index (χ2n) is 3.98. The maximum absolute atomic E-state index is 12.0. The van der Waals surface area contributed by atoms with Crippen LogP contribution in [0, 0.1) is 6.92 Å². The highest BCUT2D eigenvalue weighted by Gasteiger charge is 2.11. The quantitative estimate of drug-likeness (QED) is 0.865. The number of nitrogens with zero attached hydrogens (tertiary/aromatic N) is 2. The first-order valence-electron chi connectivity index (χ1n) is 5.47. The minimum atomic E-state index is -0.415. The van der Waals surface area contributed by atoms with Crippen molar-refractivity contribution in [2.24, 2.45) is 7.05 Å². The monoisotopic (exact) mass is 243 g/mol. The van der Waals surface area contributed by atoms with Crippen molar-refractivity contribution in [2.75, 3.05) is 5.32 Å². The zero-order valence-electron chi connectivity index (χ0n) is 10.2. The number of aryl methyl sites for hydroxylation is 2. The minimum absolute atomic E-state index is 0.120. The zero-order chi connectivity index (χ0) is 13.1. The van der Waals surface area contributed by atoms with Crippen LogP contribution in [0.3, 0.4) is 0 Å². The molecule has 0 unspecified atom stereocenters. The summed E-state index contributed by atoms with van der Waals surface area (Å²) in [4.78, 5) is 27.7. The van der Waals surface area contributed by atoms with Gasteiger partial charge in [0.1, 0.15) is 5.56 Å². The molecule has 0 aliphatic heterocycles. The van der Waals surface area contributed by atoms with Crippen LogP contribution < -0.4 is 10.9 Å². The standard InChI is InChI=1S/C13H13N3O2/c1-9-8-10(5-6-14-9)15-12(17)11-4-3-7-16(2)13(11)18/h3-8H,1-2H3,(H,14,15,17). The Morgan fingerprint density at radius 2 is 2.17 bits per heavy atom. The summed E-state index contributed by atoms with van der Waals surface area (Å²) in [6, 6.07) is 6.59. The summed E-state index contributed by atoms with van der Waals surface area (Å²) in [5.74, 6) is -0.415. The van der Waals surface area contributed by atoms with Crippen molar-refractivity contribution < 1.29 is 4.79 Å². The summed E-state index contributed by atoms with van der Waals surface area (Å²) < 4.78 is 1.37. The lowest BCUT2D eigenvalue weighted by Crippen LogP contribution is -2.27. The zero-order valence-corrected chi connectivity index (χ0v) is 10.2. The summed E-state index contributed by atoms with van der Waals surface area (Å²) in [7, 11) is 1.61. The Morgan fingerprint density at radius 3 is 2.89 bits per heavy atom. The van der Waals surface area contributed by atoms with E-state index in [1.54, 1.807) is 37.6 Å². The Morgan fingerprint density at radius 1 is 1.39 bits per heavy atom. The molecule has 0 fully saturated rings. The van der Waals surface area contributed by atoms with Crippen molar-refractivity contribution in [3.05, 3.63) is 58.3 Å². The highest BCUT2D eigenvalue weighted by Crippen LogP contribution is 2.08. The normalized spacial score (nSPS) is 10.1. The van der Waals surface area contributed by atoms with Gasteiger partial charge in [-0.25, -0.2) is 0 Å². The van der Waals surface area contributed by atoms with Crippen LogP contribution in [0.2, 0.25) is 0 Å². The van der Waals surface area contributed by atoms with Crippen molar-refractivity contribution in [1.29, 1.82) is 0 Å². The minimum Gasteiger partial charge on any atom is -0.322 e. The van der Waals surface area contributed by atoms with Gasteiger partial charge in [0.05, 0.1) is 0 Å². The van der Waals surface area contributed by atoms with Gasteiger partial charge >= 0.3 is 0 Å². The van der Waals surface area contributed by atoms with Crippen molar-refractivity contribution in [1.82, 2.24) is 9.55 Å². The summed E-state index contributed by atoms with van der Waals surface area (Å²) in [6.07, 6.45) is 3.21. The van der Waals surface area contributed by atoms with E-state index < -0.39 is 5.91 Å². The van der Waals surface area contributed by atoms with Crippen LogP contribution in [-0.2, 0) is 7.05 Å². The van der Waals surface area contributed by atoms with Crippen LogP contribution in [-0.4, -0.2) is 15.5 Å². The molecule has 0 bridgehead atoms. The van der Waals surface area contributed by atoms with Gasteiger partial charge < -0.3 is 9.88 Å². The molecule has 0 aliphatic rings. The van der Waals surface area contributed by atoms with Gasteiger partial charge in [0.2, 0.25) is 0 Å². The molecule has 92 valence electrons. The van der Waals surface area contributed by atoms with Crippen molar-refractivity contribution >= 4 is 11.6 Å². The topological polar surface area (TPSA) is 64.0 Å². The number of carbonyl (C=O) groups excluding carboxylic acids is 1. The predicted molar refractivity (Wildman–Crippen MR) is 68.6 cm³/mol. The fourth-order valence-corrected chi connectivity index (χ4v) is 1.59. The van der Waals surface area contributed by atoms with Crippen LogP contribution in [0.5, 0.6) is 0 Å². The molecule has 2 aromatic rings. The fraction of sp³-hybridized carbons (Fsp3) is 0.154. The molecule has 2 rings (SSSR count). The molecule has 0 saturated carbocycles. The van der Waals surface area contributed by atoms with Crippen LogP contribution >= 0.6 is 0 Å². The van der Waals surface area contributed by atoms with Crippen molar-refractivity contribution in [2.45, 2.75) is 6.92 Å². The second-order valence-corrected chi connectivity index (χ2v) is 3.98. The van der Waals surface area contributed by atoms with E-state index >= 15 is 0 Å². The summed E-state index contributed by atoms with van der Waals surface area (Å²) in [6.45, 7) is 1.83. The maximum Gasteiger partial charge on any atom is 0.263 e. The van der Waals surface area contributed by atoms with Gasteiger partial charge in [-0.2, -0.15) is 0 Å². The summed E-state index contributed by atoms with van der Waals surface area (Å²) in [5, 5.41) is 2.67. The number of anilines is 1. The Labute approximate surface area is 104 Å². The molecule has 2 heterocycles. The van der Waals surface area contributed by atoms with E-state index in [1.165, 1.54) is 10.6 Å². The third-order valence-electron chi connectivity index (χ3n) is 2.52. The molecular weight excluding hydrogens is 230 g/mol.